The first kappa shape index (κ1) is 22.1. The van der Waals surface area contributed by atoms with Crippen molar-refractivity contribution in [3.05, 3.63) is 11.6 Å². The topological polar surface area (TPSA) is 52.6 Å². The molecule has 0 aromatic heterocycles. The lowest BCUT2D eigenvalue weighted by Crippen LogP contribution is -2.45. The van der Waals surface area contributed by atoms with Gasteiger partial charge < -0.3 is 14.0 Å². The van der Waals surface area contributed by atoms with Crippen LogP contribution in [0.25, 0.3) is 0 Å². The molecule has 4 nitrogen and oxygen atoms in total. The molecule has 0 spiro atoms. The highest BCUT2D eigenvalue weighted by Crippen LogP contribution is 2.38. The van der Waals surface area contributed by atoms with Gasteiger partial charge in [-0.2, -0.15) is 0 Å². The number of hydrogen-bond acceptors (Lipinski definition) is 4. The maximum atomic E-state index is 11.2. The van der Waals surface area contributed by atoms with Gasteiger partial charge in [0.15, 0.2) is 8.32 Å². The molecule has 0 aromatic carbocycles. The van der Waals surface area contributed by atoms with Crippen LogP contribution in [-0.4, -0.2) is 33.3 Å². The van der Waals surface area contributed by atoms with Gasteiger partial charge in [0.1, 0.15) is 12.9 Å². The molecule has 0 aliphatic carbocycles. The van der Waals surface area contributed by atoms with Gasteiger partial charge in [-0.15, -0.1) is 0 Å². The zero-order valence-electron chi connectivity index (χ0n) is 16.1. The van der Waals surface area contributed by atoms with E-state index in [1.54, 1.807) is 0 Å². The Hall–Kier alpha value is -0.943. The lowest BCUT2D eigenvalue weighted by atomic mass is 9.99. The van der Waals surface area contributed by atoms with Crippen LogP contribution in [0.4, 0.5) is 0 Å². The maximum absolute atomic E-state index is 11.2. The van der Waals surface area contributed by atoms with E-state index in [2.05, 4.69) is 33.9 Å². The Morgan fingerprint density at radius 2 is 1.78 bits per heavy atom. The minimum absolute atomic E-state index is 0.0644. The predicted molar refractivity (Wildman–Crippen MR) is 96.9 cm³/mol. The Morgan fingerprint density at radius 1 is 1.22 bits per heavy atom. The molecule has 5 heteroatoms. The largest absolute Gasteiger partial charge is 0.462 e. The van der Waals surface area contributed by atoms with Crippen molar-refractivity contribution in [2.24, 2.45) is 5.92 Å². The van der Waals surface area contributed by atoms with E-state index in [1.165, 1.54) is 6.92 Å². The summed E-state index contributed by atoms with van der Waals surface area (Å²) in [6, 6.07) is 0. The third-order valence-corrected chi connectivity index (χ3v) is 9.10. The highest BCUT2D eigenvalue weighted by atomic mass is 28.4. The molecule has 0 saturated heterocycles. The fraction of sp³-hybridized carbons (Fsp3) is 0.778. The van der Waals surface area contributed by atoms with Gasteiger partial charge in [0, 0.05) is 12.8 Å². The summed E-state index contributed by atoms with van der Waals surface area (Å²) in [7, 11) is -1.91. The molecule has 0 aliphatic rings. The van der Waals surface area contributed by atoms with Crippen molar-refractivity contribution < 1.29 is 18.8 Å². The van der Waals surface area contributed by atoms with Crippen molar-refractivity contribution in [2.75, 3.05) is 6.61 Å². The molecule has 23 heavy (non-hydrogen) atoms. The van der Waals surface area contributed by atoms with Crippen molar-refractivity contribution in [3.63, 3.8) is 0 Å². The van der Waals surface area contributed by atoms with Crippen molar-refractivity contribution >= 4 is 20.6 Å². The Labute approximate surface area is 142 Å². The quantitative estimate of drug-likeness (QED) is 0.268. The molecule has 0 N–H and O–H groups in total. The molecule has 0 fully saturated rings. The average molecular weight is 343 g/mol. The smallest absolute Gasteiger partial charge is 0.302 e. The molecule has 0 rings (SSSR count). The summed E-state index contributed by atoms with van der Waals surface area (Å²) in [5.74, 6) is -0.395. The molecule has 0 heterocycles. The molecule has 0 bridgehead atoms. The molecule has 0 aromatic rings. The highest BCUT2D eigenvalue weighted by Gasteiger charge is 2.40. The Balaban J connectivity index is 4.76. The summed E-state index contributed by atoms with van der Waals surface area (Å²) in [6.07, 6.45) is 4.46. The molecule has 1 unspecified atom stereocenters. The number of carbonyl (C=O) groups is 2. The zero-order chi connectivity index (χ0) is 18.3. The zero-order valence-corrected chi connectivity index (χ0v) is 17.1. The summed E-state index contributed by atoms with van der Waals surface area (Å²) in [4.78, 5) is 22.0. The van der Waals surface area contributed by atoms with E-state index in [1.807, 2.05) is 19.9 Å². The second-order valence-corrected chi connectivity index (χ2v) is 12.6. The molecular weight excluding hydrogens is 308 g/mol. The van der Waals surface area contributed by atoms with Crippen molar-refractivity contribution in [1.29, 1.82) is 0 Å². The van der Waals surface area contributed by atoms with E-state index in [9.17, 15) is 9.59 Å². The van der Waals surface area contributed by atoms with Gasteiger partial charge in [0.25, 0.3) is 0 Å². The first-order valence-electron chi connectivity index (χ1n) is 8.33. The van der Waals surface area contributed by atoms with E-state index < -0.39 is 8.32 Å². The van der Waals surface area contributed by atoms with Crippen LogP contribution in [0.3, 0.4) is 0 Å². The molecule has 2 atom stereocenters. The first-order valence-corrected chi connectivity index (χ1v) is 11.2. The number of carbonyl (C=O) groups excluding carboxylic acids is 2. The average Bonchev–Trinajstić information content (AvgIpc) is 2.40. The highest BCUT2D eigenvalue weighted by molar-refractivity contribution is 6.74. The lowest BCUT2D eigenvalue weighted by molar-refractivity contribution is -0.139. The van der Waals surface area contributed by atoms with Gasteiger partial charge >= 0.3 is 5.97 Å². The van der Waals surface area contributed by atoms with Gasteiger partial charge in [-0.05, 0) is 44.0 Å². The maximum Gasteiger partial charge on any atom is 0.302 e. The fourth-order valence-electron chi connectivity index (χ4n) is 1.85. The monoisotopic (exact) mass is 342 g/mol. The minimum atomic E-state index is -1.91. The number of rotatable bonds is 9. The van der Waals surface area contributed by atoms with E-state index in [-0.39, 0.29) is 23.0 Å². The Bertz CT molecular complexity index is 421. The van der Waals surface area contributed by atoms with Crippen LogP contribution in [0.15, 0.2) is 11.6 Å². The molecular formula is C18H34O4Si. The summed E-state index contributed by atoms with van der Waals surface area (Å²) < 4.78 is 11.4. The molecule has 0 amide bonds. The minimum Gasteiger partial charge on any atom is -0.462 e. The van der Waals surface area contributed by atoms with Crippen molar-refractivity contribution in [3.8, 4) is 0 Å². The van der Waals surface area contributed by atoms with E-state index in [0.29, 0.717) is 6.61 Å². The van der Waals surface area contributed by atoms with Gasteiger partial charge in [0.2, 0.25) is 0 Å². The third kappa shape index (κ3) is 8.46. The normalized spacial score (nSPS) is 15.9. The van der Waals surface area contributed by atoms with Crippen LogP contribution in [0.2, 0.25) is 18.1 Å². The van der Waals surface area contributed by atoms with Gasteiger partial charge in [-0.3, -0.25) is 4.79 Å². The van der Waals surface area contributed by atoms with Crippen LogP contribution >= 0.6 is 0 Å². The molecule has 134 valence electrons. The first-order chi connectivity index (χ1) is 10.4. The SMILES string of the molecule is CC(=O)OC/C=C(/C)CC[C@@H](O[Si](C)(C)C(C)(C)C)C(C)C=O. The predicted octanol–water partition coefficient (Wildman–Crippen LogP) is 4.50. The molecule has 0 saturated carbocycles. The number of esters is 1. The van der Waals surface area contributed by atoms with Gasteiger partial charge in [-0.25, -0.2) is 0 Å². The second kappa shape index (κ2) is 9.38. The second-order valence-electron chi connectivity index (χ2n) is 7.80. The summed E-state index contributed by atoms with van der Waals surface area (Å²) in [6.45, 7) is 16.7. The Morgan fingerprint density at radius 3 is 2.22 bits per heavy atom. The number of aldehydes is 1. The molecule has 0 radical (unpaired) electrons. The van der Waals surface area contributed by atoms with Crippen molar-refractivity contribution in [1.82, 2.24) is 0 Å². The lowest BCUT2D eigenvalue weighted by Gasteiger charge is -2.40. The van der Waals surface area contributed by atoms with Crippen LogP contribution in [-0.2, 0) is 18.8 Å². The van der Waals surface area contributed by atoms with Crippen LogP contribution in [0.1, 0.15) is 54.4 Å². The van der Waals surface area contributed by atoms with Gasteiger partial charge in [0.05, 0.1) is 6.10 Å². The van der Waals surface area contributed by atoms with Crippen LogP contribution in [0.5, 0.6) is 0 Å². The van der Waals surface area contributed by atoms with Crippen LogP contribution < -0.4 is 0 Å². The fourth-order valence-corrected chi connectivity index (χ4v) is 3.29. The summed E-state index contributed by atoms with van der Waals surface area (Å²) in [5.41, 5.74) is 1.15. The molecule has 0 aliphatic heterocycles. The van der Waals surface area contributed by atoms with Crippen LogP contribution in [0, 0.1) is 5.92 Å². The number of hydrogen-bond donors (Lipinski definition) is 0. The summed E-state index contributed by atoms with van der Waals surface area (Å²) >= 11 is 0. The number of ether oxygens (including phenoxy) is 1. The third-order valence-electron chi connectivity index (χ3n) is 4.59. The van der Waals surface area contributed by atoms with E-state index in [4.69, 9.17) is 9.16 Å². The standard InChI is InChI=1S/C18H34O4Si/c1-14(11-12-21-16(3)20)9-10-17(15(2)13-19)22-23(7,8)18(4,5)6/h11,13,15,17H,9-10,12H2,1-8H3/b14-11-/t15?,17-/m1/s1. The Kier molecular flexibility index (Phi) is 8.99. The van der Waals surface area contributed by atoms with Crippen molar-refractivity contribution in [2.45, 2.75) is 78.6 Å². The van der Waals surface area contributed by atoms with Gasteiger partial charge in [-0.1, -0.05) is 33.3 Å². The number of allylic oxidation sites excluding steroid dienone is 1. The van der Waals surface area contributed by atoms with E-state index in [0.717, 1.165) is 24.7 Å². The summed E-state index contributed by atoms with van der Waals surface area (Å²) in [5, 5.41) is 0.119. The van der Waals surface area contributed by atoms with E-state index >= 15 is 0 Å².